The topological polar surface area (TPSA) is 116 Å². The molecule has 0 aliphatic carbocycles. The molecule has 1 heterocycles. The second-order valence-electron chi connectivity index (χ2n) is 9.13. The van der Waals surface area contributed by atoms with Crippen LogP contribution in [0.25, 0.3) is 0 Å². The highest BCUT2D eigenvalue weighted by atomic mass is 32.1. The Kier molecular flexibility index (Phi) is 13.9. The van der Waals surface area contributed by atoms with E-state index in [4.69, 9.17) is 9.84 Å². The number of carboxylic acid groups (broad SMARTS) is 1. The molecule has 1 amide bonds. The second-order valence-corrected chi connectivity index (χ2v) is 9.13. The lowest BCUT2D eigenvalue weighted by Gasteiger charge is -2.35. The van der Waals surface area contributed by atoms with Crippen molar-refractivity contribution in [2.75, 3.05) is 20.1 Å². The molecule has 0 bridgehead atoms. The van der Waals surface area contributed by atoms with Crippen LogP contribution in [0.15, 0.2) is 24.3 Å². The van der Waals surface area contributed by atoms with Gasteiger partial charge in [0.2, 0.25) is 5.91 Å². The van der Waals surface area contributed by atoms with E-state index in [1.54, 1.807) is 19.9 Å². The van der Waals surface area contributed by atoms with Gasteiger partial charge in [0, 0.05) is 12.0 Å². The summed E-state index contributed by atoms with van der Waals surface area (Å²) in [6.07, 6.45) is 2.03. The smallest absolute Gasteiger partial charge is 0.340 e. The number of aliphatic carboxylic acids is 1. The molecule has 1 fully saturated rings. The Labute approximate surface area is 216 Å². The molecule has 34 heavy (non-hydrogen) atoms. The van der Waals surface area contributed by atoms with E-state index in [2.05, 4.69) is 24.2 Å². The molecule has 3 atom stereocenters. The van der Waals surface area contributed by atoms with Gasteiger partial charge in [-0.25, -0.2) is 9.59 Å². The fourth-order valence-corrected chi connectivity index (χ4v) is 4.33. The van der Waals surface area contributed by atoms with Crippen molar-refractivity contribution in [1.82, 2.24) is 10.2 Å². The molecule has 1 unspecified atom stereocenters. The molecular weight excluding hydrogens is 476 g/mol. The molecule has 0 radical (unpaired) electrons. The van der Waals surface area contributed by atoms with Crippen molar-refractivity contribution < 1.29 is 29.3 Å². The van der Waals surface area contributed by atoms with E-state index in [0.717, 1.165) is 44.3 Å². The number of aliphatic hydroxyl groups excluding tert-OH is 1. The van der Waals surface area contributed by atoms with E-state index in [0.29, 0.717) is 5.75 Å². The molecule has 194 valence electrons. The van der Waals surface area contributed by atoms with E-state index in [1.165, 1.54) is 0 Å². The van der Waals surface area contributed by atoms with Crippen LogP contribution in [0.5, 0.6) is 5.75 Å². The maximum absolute atomic E-state index is 12.4. The highest BCUT2D eigenvalue weighted by Gasteiger charge is 2.33. The number of likely N-dealkylation sites (tertiary alicyclic amines) is 1. The van der Waals surface area contributed by atoms with Crippen molar-refractivity contribution in [2.24, 2.45) is 5.92 Å². The molecule has 1 saturated heterocycles. The van der Waals surface area contributed by atoms with Gasteiger partial charge < -0.3 is 25.2 Å². The lowest BCUT2D eigenvalue weighted by Crippen LogP contribution is -2.46. The van der Waals surface area contributed by atoms with Crippen molar-refractivity contribution in [3.05, 3.63) is 29.8 Å². The minimum absolute atomic E-state index is 0. The van der Waals surface area contributed by atoms with E-state index in [9.17, 15) is 19.5 Å². The number of likely N-dealkylation sites (N-methyl/N-ethyl adjacent to an activating group) is 1. The van der Waals surface area contributed by atoms with Gasteiger partial charge in [0.25, 0.3) is 0 Å². The van der Waals surface area contributed by atoms with E-state index in [-0.39, 0.29) is 38.3 Å². The zero-order valence-corrected chi connectivity index (χ0v) is 22.5. The zero-order chi connectivity index (χ0) is 23.9. The number of benzene rings is 1. The Balaban J connectivity index is 0.00000544. The average molecular weight is 517 g/mol. The van der Waals surface area contributed by atoms with Gasteiger partial charge in [-0.1, -0.05) is 39.3 Å². The summed E-state index contributed by atoms with van der Waals surface area (Å²) in [7, 11) is 2.12. The quantitative estimate of drug-likeness (QED) is 0.341. The van der Waals surface area contributed by atoms with E-state index >= 15 is 0 Å². The summed E-state index contributed by atoms with van der Waals surface area (Å²) in [5, 5.41) is 21.6. The SMILES string of the molecule is CCC1(c2cccc(OC(=O)[C@@H](O)CC(=O)N[C@H](C(=O)O)C(C)C)c2)CCCCN(C)C1.S.S. The fraction of sp³-hybridized carbons (Fsp3) is 0.625. The maximum atomic E-state index is 12.4. The number of hydrogen-bond donors (Lipinski definition) is 3. The van der Waals surface area contributed by atoms with Gasteiger partial charge in [-0.15, -0.1) is 0 Å². The van der Waals surface area contributed by atoms with E-state index in [1.807, 2.05) is 18.2 Å². The molecular formula is C24H40N2O6S2. The Morgan fingerprint density at radius 1 is 1.21 bits per heavy atom. The Hall–Kier alpha value is -1.75. The first-order chi connectivity index (χ1) is 15.1. The number of nitrogens with one attached hydrogen (secondary N) is 1. The summed E-state index contributed by atoms with van der Waals surface area (Å²) in [5.41, 5.74) is 1.06. The summed E-state index contributed by atoms with van der Waals surface area (Å²) >= 11 is 0. The van der Waals surface area contributed by atoms with Crippen LogP contribution in [-0.4, -0.2) is 65.2 Å². The number of rotatable bonds is 9. The number of carbonyl (C=O) groups is 3. The Bertz CT molecular complexity index is 822. The van der Waals surface area contributed by atoms with Crippen LogP contribution in [0, 0.1) is 5.92 Å². The number of ether oxygens (including phenoxy) is 1. The Morgan fingerprint density at radius 3 is 2.47 bits per heavy atom. The van der Waals surface area contributed by atoms with Gasteiger partial charge in [0.15, 0.2) is 6.10 Å². The van der Waals surface area contributed by atoms with Crippen molar-refractivity contribution in [3.63, 3.8) is 0 Å². The van der Waals surface area contributed by atoms with Crippen molar-refractivity contribution in [1.29, 1.82) is 0 Å². The number of amides is 1. The predicted octanol–water partition coefficient (Wildman–Crippen LogP) is 2.56. The van der Waals surface area contributed by atoms with Crippen LogP contribution in [-0.2, 0) is 19.8 Å². The minimum Gasteiger partial charge on any atom is -0.480 e. The molecule has 0 spiro atoms. The number of carbonyl (C=O) groups excluding carboxylic acids is 2. The lowest BCUT2D eigenvalue weighted by atomic mass is 9.74. The normalized spacial score (nSPS) is 20.2. The lowest BCUT2D eigenvalue weighted by molar-refractivity contribution is -0.147. The number of nitrogens with zero attached hydrogens (tertiary/aromatic N) is 1. The third-order valence-electron chi connectivity index (χ3n) is 6.26. The third-order valence-corrected chi connectivity index (χ3v) is 6.26. The highest BCUT2D eigenvalue weighted by molar-refractivity contribution is 7.59. The van der Waals surface area contributed by atoms with Crippen LogP contribution in [0.3, 0.4) is 0 Å². The van der Waals surface area contributed by atoms with Crippen molar-refractivity contribution >= 4 is 44.8 Å². The first-order valence-corrected chi connectivity index (χ1v) is 11.3. The zero-order valence-electron chi connectivity index (χ0n) is 20.5. The van der Waals surface area contributed by atoms with Crippen LogP contribution in [0.1, 0.15) is 58.4 Å². The van der Waals surface area contributed by atoms with Crippen LogP contribution in [0.4, 0.5) is 0 Å². The van der Waals surface area contributed by atoms with Crippen molar-refractivity contribution in [3.8, 4) is 5.75 Å². The van der Waals surface area contributed by atoms with Gasteiger partial charge >= 0.3 is 11.9 Å². The number of aliphatic hydroxyl groups is 1. The largest absolute Gasteiger partial charge is 0.480 e. The summed E-state index contributed by atoms with van der Waals surface area (Å²) in [6, 6.07) is 6.27. The molecule has 0 saturated carbocycles. The van der Waals surface area contributed by atoms with Crippen LogP contribution < -0.4 is 10.1 Å². The van der Waals surface area contributed by atoms with Crippen LogP contribution in [0.2, 0.25) is 0 Å². The highest BCUT2D eigenvalue weighted by Crippen LogP contribution is 2.37. The van der Waals surface area contributed by atoms with Gasteiger partial charge in [-0.2, -0.15) is 27.0 Å². The summed E-state index contributed by atoms with van der Waals surface area (Å²) < 4.78 is 5.36. The molecule has 2 rings (SSSR count). The van der Waals surface area contributed by atoms with Crippen molar-refractivity contribution in [2.45, 2.75) is 70.4 Å². The molecule has 1 aromatic rings. The monoisotopic (exact) mass is 516 g/mol. The standard InChI is InChI=1S/C24H36N2O6.2H2S/c1-5-24(11-6-7-12-26(4)15-24)17-9-8-10-18(13-17)32-23(31)19(27)14-20(28)25-21(16(2)3)22(29)30;;/h8-10,13,16,19,21,27H,5-7,11-12,14-15H2,1-4H3,(H,25,28)(H,29,30);2*1H2/t19-,21-,24?;;/m0../s1. The third kappa shape index (κ3) is 8.79. The maximum Gasteiger partial charge on any atom is 0.340 e. The van der Waals surface area contributed by atoms with Crippen LogP contribution >= 0.6 is 27.0 Å². The Morgan fingerprint density at radius 2 is 1.88 bits per heavy atom. The molecule has 3 N–H and O–H groups in total. The van der Waals surface area contributed by atoms with Gasteiger partial charge in [0.05, 0.1) is 6.42 Å². The average Bonchev–Trinajstić information content (AvgIpc) is 2.93. The molecule has 0 aromatic heterocycles. The summed E-state index contributed by atoms with van der Waals surface area (Å²) in [5.74, 6) is -2.86. The molecule has 8 nitrogen and oxygen atoms in total. The first-order valence-electron chi connectivity index (χ1n) is 11.3. The molecule has 10 heteroatoms. The van der Waals surface area contributed by atoms with Gasteiger partial charge in [0.1, 0.15) is 11.8 Å². The summed E-state index contributed by atoms with van der Waals surface area (Å²) in [4.78, 5) is 38.0. The number of hydrogen-bond acceptors (Lipinski definition) is 6. The minimum atomic E-state index is -1.69. The molecule has 1 aliphatic heterocycles. The number of carboxylic acids is 1. The first kappa shape index (κ1) is 32.2. The second kappa shape index (κ2) is 14.6. The molecule has 1 aromatic carbocycles. The fourth-order valence-electron chi connectivity index (χ4n) is 4.33. The number of esters is 1. The van der Waals surface area contributed by atoms with E-state index < -0.39 is 36.4 Å². The van der Waals surface area contributed by atoms with Gasteiger partial charge in [-0.3, -0.25) is 4.79 Å². The molecule has 1 aliphatic rings. The predicted molar refractivity (Wildman–Crippen MR) is 141 cm³/mol. The summed E-state index contributed by atoms with van der Waals surface area (Å²) in [6.45, 7) is 7.47. The van der Waals surface area contributed by atoms with Gasteiger partial charge in [-0.05, 0) is 56.5 Å².